The molecule has 20 heavy (non-hydrogen) atoms. The fourth-order valence-corrected chi connectivity index (χ4v) is 1.57. The van der Waals surface area contributed by atoms with E-state index in [0.717, 1.165) is 17.7 Å². The van der Waals surface area contributed by atoms with E-state index in [4.69, 9.17) is 0 Å². The summed E-state index contributed by atoms with van der Waals surface area (Å²) < 4.78 is 39.0. The van der Waals surface area contributed by atoms with Crippen molar-refractivity contribution in [3.05, 3.63) is 65.5 Å². The molecule has 0 bridgehead atoms. The van der Waals surface area contributed by atoms with Gasteiger partial charge in [0.05, 0.1) is 5.69 Å². The summed E-state index contributed by atoms with van der Waals surface area (Å²) in [7, 11) is 0. The highest BCUT2D eigenvalue weighted by atomic mass is 19.2. The molecule has 6 heteroatoms. The van der Waals surface area contributed by atoms with E-state index < -0.39 is 29.2 Å². The van der Waals surface area contributed by atoms with Gasteiger partial charge in [-0.15, -0.1) is 0 Å². The first-order valence-electron chi connectivity index (χ1n) is 5.80. The smallest absolute Gasteiger partial charge is 0.319 e. The molecule has 0 fully saturated rings. The van der Waals surface area contributed by atoms with Crippen LogP contribution in [0.15, 0.2) is 42.5 Å². The molecule has 0 atom stereocenters. The van der Waals surface area contributed by atoms with Gasteiger partial charge in [0.1, 0.15) is 0 Å². The van der Waals surface area contributed by atoms with Crippen LogP contribution < -0.4 is 10.6 Å². The third-order valence-electron chi connectivity index (χ3n) is 2.58. The molecule has 0 saturated carbocycles. The predicted octanol–water partition coefficient (Wildman–Crippen LogP) is 3.43. The quantitative estimate of drug-likeness (QED) is 0.831. The van der Waals surface area contributed by atoms with Crippen LogP contribution in [0.25, 0.3) is 0 Å². The van der Waals surface area contributed by atoms with Crippen molar-refractivity contribution in [1.29, 1.82) is 0 Å². The summed E-state index contributed by atoms with van der Waals surface area (Å²) in [5.41, 5.74) is 0.433. The van der Waals surface area contributed by atoms with Crippen LogP contribution in [0, 0.1) is 17.5 Å². The number of hydrogen-bond donors (Lipinski definition) is 2. The monoisotopic (exact) mass is 280 g/mol. The largest absolute Gasteiger partial charge is 0.334 e. The van der Waals surface area contributed by atoms with Gasteiger partial charge >= 0.3 is 6.03 Å². The molecular formula is C14H11F3N2O. The summed E-state index contributed by atoms with van der Waals surface area (Å²) in [6, 6.07) is 10.0. The second kappa shape index (κ2) is 6.10. The van der Waals surface area contributed by atoms with Crippen LogP contribution in [-0.4, -0.2) is 6.03 Å². The highest BCUT2D eigenvalue weighted by molar-refractivity contribution is 5.89. The van der Waals surface area contributed by atoms with Crippen molar-refractivity contribution in [2.45, 2.75) is 6.54 Å². The third kappa shape index (κ3) is 3.28. The van der Waals surface area contributed by atoms with Crippen molar-refractivity contribution in [1.82, 2.24) is 5.32 Å². The molecule has 2 N–H and O–H groups in total. The van der Waals surface area contributed by atoms with E-state index in [9.17, 15) is 18.0 Å². The zero-order valence-corrected chi connectivity index (χ0v) is 10.3. The number of carbonyl (C=O) groups excluding carboxylic acids is 1. The molecular weight excluding hydrogens is 269 g/mol. The van der Waals surface area contributed by atoms with Crippen molar-refractivity contribution in [3.63, 3.8) is 0 Å². The molecule has 2 amide bonds. The van der Waals surface area contributed by atoms with Gasteiger partial charge in [-0.25, -0.2) is 18.0 Å². The number of amides is 2. The van der Waals surface area contributed by atoms with E-state index in [-0.39, 0.29) is 6.54 Å². The zero-order valence-electron chi connectivity index (χ0n) is 10.3. The Labute approximate surface area is 113 Å². The summed E-state index contributed by atoms with van der Waals surface area (Å²) in [6.45, 7) is 0.234. The summed E-state index contributed by atoms with van der Waals surface area (Å²) in [6.07, 6.45) is 0. The Morgan fingerprint density at radius 1 is 0.950 bits per heavy atom. The average molecular weight is 280 g/mol. The Kier molecular flexibility index (Phi) is 4.24. The first-order valence-corrected chi connectivity index (χ1v) is 5.80. The number of nitrogens with one attached hydrogen (secondary N) is 2. The normalized spacial score (nSPS) is 10.2. The maximum atomic E-state index is 13.3. The highest BCUT2D eigenvalue weighted by Gasteiger charge is 2.14. The van der Waals surface area contributed by atoms with E-state index in [1.165, 1.54) is 0 Å². The first-order chi connectivity index (χ1) is 9.58. The SMILES string of the molecule is O=C(NCc1ccccc1)Nc1ccc(F)c(F)c1F. The predicted molar refractivity (Wildman–Crippen MR) is 68.6 cm³/mol. The fraction of sp³-hybridized carbons (Fsp3) is 0.0714. The van der Waals surface area contributed by atoms with Gasteiger partial charge in [-0.1, -0.05) is 30.3 Å². The number of hydrogen-bond acceptors (Lipinski definition) is 1. The minimum Gasteiger partial charge on any atom is -0.334 e. The van der Waals surface area contributed by atoms with Crippen LogP contribution >= 0.6 is 0 Å². The van der Waals surface area contributed by atoms with Gasteiger partial charge in [0.25, 0.3) is 0 Å². The van der Waals surface area contributed by atoms with E-state index in [2.05, 4.69) is 10.6 Å². The lowest BCUT2D eigenvalue weighted by molar-refractivity contribution is 0.251. The number of urea groups is 1. The van der Waals surface area contributed by atoms with Crippen molar-refractivity contribution >= 4 is 11.7 Å². The van der Waals surface area contributed by atoms with Crippen LogP contribution in [0.2, 0.25) is 0 Å². The molecule has 0 aliphatic heterocycles. The molecule has 0 aliphatic rings. The Bertz CT molecular complexity index is 617. The van der Waals surface area contributed by atoms with E-state index in [1.54, 1.807) is 12.1 Å². The topological polar surface area (TPSA) is 41.1 Å². The van der Waals surface area contributed by atoms with Crippen molar-refractivity contribution in [3.8, 4) is 0 Å². The molecule has 104 valence electrons. The van der Waals surface area contributed by atoms with Crippen molar-refractivity contribution < 1.29 is 18.0 Å². The molecule has 0 spiro atoms. The molecule has 0 heterocycles. The van der Waals surface area contributed by atoms with Crippen LogP contribution in [0.1, 0.15) is 5.56 Å². The molecule has 0 aliphatic carbocycles. The highest BCUT2D eigenvalue weighted by Crippen LogP contribution is 2.19. The maximum absolute atomic E-state index is 13.3. The van der Waals surface area contributed by atoms with Crippen LogP contribution in [0.5, 0.6) is 0 Å². The third-order valence-corrected chi connectivity index (χ3v) is 2.58. The lowest BCUT2D eigenvalue weighted by atomic mass is 10.2. The molecule has 2 rings (SSSR count). The molecule has 3 nitrogen and oxygen atoms in total. The molecule has 0 radical (unpaired) electrons. The van der Waals surface area contributed by atoms with Crippen molar-refractivity contribution in [2.75, 3.05) is 5.32 Å². The summed E-state index contributed by atoms with van der Waals surface area (Å²) in [5, 5.41) is 4.59. The molecule has 0 aromatic heterocycles. The second-order valence-electron chi connectivity index (χ2n) is 4.02. The zero-order chi connectivity index (χ0) is 14.5. The minimum atomic E-state index is -1.62. The Hall–Kier alpha value is -2.50. The van der Waals surface area contributed by atoms with Gasteiger partial charge in [0.15, 0.2) is 17.5 Å². The van der Waals surface area contributed by atoms with Gasteiger partial charge in [-0.3, -0.25) is 0 Å². The maximum Gasteiger partial charge on any atom is 0.319 e. The summed E-state index contributed by atoms with van der Waals surface area (Å²) in [5.74, 6) is -4.36. The second-order valence-corrected chi connectivity index (χ2v) is 4.02. The van der Waals surface area contributed by atoms with Gasteiger partial charge < -0.3 is 10.6 Å². The van der Waals surface area contributed by atoms with Gasteiger partial charge in [-0.05, 0) is 17.7 Å². The average Bonchev–Trinajstić information content (AvgIpc) is 2.47. The number of anilines is 1. The van der Waals surface area contributed by atoms with Gasteiger partial charge in [-0.2, -0.15) is 0 Å². The Morgan fingerprint density at radius 3 is 2.35 bits per heavy atom. The number of carbonyl (C=O) groups is 1. The lowest BCUT2D eigenvalue weighted by Crippen LogP contribution is -2.28. The molecule has 0 saturated heterocycles. The van der Waals surface area contributed by atoms with E-state index in [1.807, 2.05) is 18.2 Å². The lowest BCUT2D eigenvalue weighted by Gasteiger charge is -2.09. The Balaban J connectivity index is 1.97. The summed E-state index contributed by atoms with van der Waals surface area (Å²) >= 11 is 0. The summed E-state index contributed by atoms with van der Waals surface area (Å²) in [4.78, 5) is 11.5. The molecule has 2 aromatic rings. The number of rotatable bonds is 3. The molecule has 0 unspecified atom stereocenters. The van der Waals surface area contributed by atoms with Crippen LogP contribution in [0.4, 0.5) is 23.7 Å². The van der Waals surface area contributed by atoms with Crippen molar-refractivity contribution in [2.24, 2.45) is 0 Å². The van der Waals surface area contributed by atoms with Crippen LogP contribution in [-0.2, 0) is 6.54 Å². The van der Waals surface area contributed by atoms with Crippen LogP contribution in [0.3, 0.4) is 0 Å². The van der Waals surface area contributed by atoms with Gasteiger partial charge in [0.2, 0.25) is 0 Å². The standard InChI is InChI=1S/C14H11F3N2O/c15-10-6-7-11(13(17)12(10)16)19-14(20)18-8-9-4-2-1-3-5-9/h1-7H,8H2,(H2,18,19,20). The Morgan fingerprint density at radius 2 is 1.65 bits per heavy atom. The number of halogens is 3. The number of benzene rings is 2. The van der Waals surface area contributed by atoms with E-state index in [0.29, 0.717) is 0 Å². The fourth-order valence-electron chi connectivity index (χ4n) is 1.57. The van der Waals surface area contributed by atoms with E-state index >= 15 is 0 Å². The van der Waals surface area contributed by atoms with Gasteiger partial charge in [0, 0.05) is 6.54 Å². The first kappa shape index (κ1) is 13.9. The molecule has 2 aromatic carbocycles. The minimum absolute atomic E-state index is 0.234.